The molecule has 0 atom stereocenters. The van der Waals surface area contributed by atoms with Gasteiger partial charge >= 0.3 is 0 Å². The van der Waals surface area contributed by atoms with Gasteiger partial charge in [0.05, 0.1) is 0 Å². The molecule has 0 radical (unpaired) electrons. The molecule has 0 unspecified atom stereocenters. The Morgan fingerprint density at radius 3 is 2.62 bits per heavy atom. The van der Waals surface area contributed by atoms with E-state index < -0.39 is 0 Å². The first-order chi connectivity index (χ1) is 6.08. The Hall–Kier alpha value is -0.0800. The lowest BCUT2D eigenvalue weighted by Gasteiger charge is -2.25. The highest BCUT2D eigenvalue weighted by Crippen LogP contribution is 2.18. The van der Waals surface area contributed by atoms with Crippen LogP contribution in [0.3, 0.4) is 0 Å². The van der Waals surface area contributed by atoms with Crippen LogP contribution in [0.15, 0.2) is 0 Å². The lowest BCUT2D eigenvalue weighted by atomic mass is 9.92. The van der Waals surface area contributed by atoms with Crippen molar-refractivity contribution in [3.05, 3.63) is 0 Å². The summed E-state index contributed by atoms with van der Waals surface area (Å²) in [4.78, 5) is 2.59. The van der Waals surface area contributed by atoms with Crippen molar-refractivity contribution >= 4 is 0 Å². The van der Waals surface area contributed by atoms with Gasteiger partial charge in [-0.25, -0.2) is 0 Å². The van der Waals surface area contributed by atoms with Gasteiger partial charge in [0.25, 0.3) is 0 Å². The Kier molecular flexibility index (Phi) is 4.20. The van der Waals surface area contributed by atoms with Crippen molar-refractivity contribution in [3.63, 3.8) is 0 Å². The van der Waals surface area contributed by atoms with Crippen molar-refractivity contribution in [1.82, 2.24) is 10.2 Å². The third-order valence-corrected chi connectivity index (χ3v) is 2.61. The summed E-state index contributed by atoms with van der Waals surface area (Å²) in [5.41, 5.74) is 0.486. The van der Waals surface area contributed by atoms with Crippen LogP contribution >= 0.6 is 0 Å². The first kappa shape index (κ1) is 11.0. The fourth-order valence-electron chi connectivity index (χ4n) is 1.62. The molecule has 0 bridgehead atoms. The Morgan fingerprint density at radius 1 is 1.15 bits per heavy atom. The van der Waals surface area contributed by atoms with Crippen molar-refractivity contribution in [2.45, 2.75) is 33.6 Å². The fraction of sp³-hybridized carbons (Fsp3) is 1.00. The van der Waals surface area contributed by atoms with Crippen LogP contribution in [0.25, 0.3) is 0 Å². The zero-order valence-electron chi connectivity index (χ0n) is 9.40. The van der Waals surface area contributed by atoms with Crippen LogP contribution in [0.4, 0.5) is 0 Å². The fourth-order valence-corrected chi connectivity index (χ4v) is 1.62. The monoisotopic (exact) mass is 184 g/mol. The van der Waals surface area contributed by atoms with Crippen LogP contribution in [0.5, 0.6) is 0 Å². The lowest BCUT2D eigenvalue weighted by molar-refractivity contribution is 0.239. The third-order valence-electron chi connectivity index (χ3n) is 2.61. The van der Waals surface area contributed by atoms with Crippen LogP contribution in [0.1, 0.15) is 33.6 Å². The average Bonchev–Trinajstić information content (AvgIpc) is 2.26. The summed E-state index contributed by atoms with van der Waals surface area (Å²) in [6.45, 7) is 13.1. The molecule has 1 heterocycles. The molecule has 0 aromatic rings. The largest absolute Gasteiger partial charge is 0.315 e. The van der Waals surface area contributed by atoms with Gasteiger partial charge in [0, 0.05) is 13.1 Å². The van der Waals surface area contributed by atoms with E-state index in [1.165, 1.54) is 45.6 Å². The van der Waals surface area contributed by atoms with Gasteiger partial charge in [0.2, 0.25) is 0 Å². The first-order valence-electron chi connectivity index (χ1n) is 5.51. The van der Waals surface area contributed by atoms with Gasteiger partial charge in [-0.1, -0.05) is 20.8 Å². The minimum atomic E-state index is 0.486. The van der Waals surface area contributed by atoms with Crippen LogP contribution < -0.4 is 5.32 Å². The molecule has 0 amide bonds. The molecule has 2 nitrogen and oxygen atoms in total. The summed E-state index contributed by atoms with van der Waals surface area (Å²) in [5.74, 6) is 0. The van der Waals surface area contributed by atoms with E-state index in [1.54, 1.807) is 0 Å². The highest BCUT2D eigenvalue weighted by Gasteiger charge is 2.14. The van der Waals surface area contributed by atoms with E-state index in [4.69, 9.17) is 0 Å². The first-order valence-corrected chi connectivity index (χ1v) is 5.51. The van der Waals surface area contributed by atoms with Gasteiger partial charge in [-0.15, -0.1) is 0 Å². The normalized spacial score (nSPS) is 21.5. The molecule has 1 aliphatic heterocycles. The molecular formula is C11H24N2. The molecule has 78 valence electrons. The number of hydrogen-bond donors (Lipinski definition) is 1. The molecule has 0 aromatic carbocycles. The van der Waals surface area contributed by atoms with E-state index in [0.29, 0.717) is 5.41 Å². The smallest absolute Gasteiger partial charge is 0.0107 e. The topological polar surface area (TPSA) is 15.3 Å². The van der Waals surface area contributed by atoms with Crippen molar-refractivity contribution in [2.24, 2.45) is 5.41 Å². The second kappa shape index (κ2) is 4.97. The summed E-state index contributed by atoms with van der Waals surface area (Å²) < 4.78 is 0. The summed E-state index contributed by atoms with van der Waals surface area (Å²) >= 11 is 0. The quantitative estimate of drug-likeness (QED) is 0.703. The van der Waals surface area contributed by atoms with E-state index in [0.717, 1.165) is 0 Å². The number of rotatable bonds is 2. The maximum Gasteiger partial charge on any atom is 0.0107 e. The summed E-state index contributed by atoms with van der Waals surface area (Å²) in [6.07, 6.45) is 2.62. The van der Waals surface area contributed by atoms with Crippen molar-refractivity contribution in [3.8, 4) is 0 Å². The van der Waals surface area contributed by atoms with Crippen molar-refractivity contribution < 1.29 is 0 Å². The minimum Gasteiger partial charge on any atom is -0.315 e. The summed E-state index contributed by atoms with van der Waals surface area (Å²) in [5, 5.41) is 3.43. The zero-order chi connectivity index (χ0) is 9.73. The third kappa shape index (κ3) is 5.27. The maximum absolute atomic E-state index is 3.43. The predicted molar refractivity (Wildman–Crippen MR) is 58.0 cm³/mol. The Morgan fingerprint density at radius 2 is 1.92 bits per heavy atom. The van der Waals surface area contributed by atoms with Gasteiger partial charge in [0.15, 0.2) is 0 Å². The average molecular weight is 184 g/mol. The molecule has 1 N–H and O–H groups in total. The molecular weight excluding hydrogens is 160 g/mol. The predicted octanol–water partition coefficient (Wildman–Crippen LogP) is 1.72. The van der Waals surface area contributed by atoms with Gasteiger partial charge in [-0.2, -0.15) is 0 Å². The molecule has 0 spiro atoms. The highest BCUT2D eigenvalue weighted by molar-refractivity contribution is 4.69. The van der Waals surface area contributed by atoms with Crippen molar-refractivity contribution in [1.29, 1.82) is 0 Å². The van der Waals surface area contributed by atoms with Crippen LogP contribution in [0, 0.1) is 5.41 Å². The van der Waals surface area contributed by atoms with Crippen LogP contribution in [0.2, 0.25) is 0 Å². The molecule has 0 aliphatic carbocycles. The molecule has 2 heteroatoms. The Bertz CT molecular complexity index is 130. The standard InChI is InChI=1S/C11H24N2/c1-11(2,3)5-9-13-8-4-6-12-7-10-13/h12H,4-10H2,1-3H3. The maximum atomic E-state index is 3.43. The molecule has 1 aliphatic rings. The van der Waals surface area contributed by atoms with Crippen LogP contribution in [-0.4, -0.2) is 37.6 Å². The zero-order valence-corrected chi connectivity index (χ0v) is 9.40. The van der Waals surface area contributed by atoms with E-state index in [1.807, 2.05) is 0 Å². The highest BCUT2D eigenvalue weighted by atomic mass is 15.1. The lowest BCUT2D eigenvalue weighted by Crippen LogP contribution is -2.31. The SMILES string of the molecule is CC(C)(C)CCN1CCCNCC1. The number of nitrogens with one attached hydrogen (secondary N) is 1. The van der Waals surface area contributed by atoms with E-state index in [2.05, 4.69) is 31.0 Å². The van der Waals surface area contributed by atoms with Crippen molar-refractivity contribution in [2.75, 3.05) is 32.7 Å². The molecule has 0 saturated carbocycles. The molecule has 13 heavy (non-hydrogen) atoms. The molecule has 1 saturated heterocycles. The molecule has 1 rings (SSSR count). The second-order valence-corrected chi connectivity index (χ2v) is 5.26. The number of hydrogen-bond acceptors (Lipinski definition) is 2. The Labute approximate surface area is 82.7 Å². The molecule has 1 fully saturated rings. The molecule has 0 aromatic heterocycles. The van der Waals surface area contributed by atoms with E-state index >= 15 is 0 Å². The van der Waals surface area contributed by atoms with Gasteiger partial charge < -0.3 is 10.2 Å². The van der Waals surface area contributed by atoms with Crippen LogP contribution in [-0.2, 0) is 0 Å². The van der Waals surface area contributed by atoms with Gasteiger partial charge in [-0.3, -0.25) is 0 Å². The minimum absolute atomic E-state index is 0.486. The second-order valence-electron chi connectivity index (χ2n) is 5.26. The van der Waals surface area contributed by atoms with Gasteiger partial charge in [0.1, 0.15) is 0 Å². The number of nitrogens with zero attached hydrogens (tertiary/aromatic N) is 1. The van der Waals surface area contributed by atoms with Gasteiger partial charge in [-0.05, 0) is 37.9 Å². The summed E-state index contributed by atoms with van der Waals surface area (Å²) in [6, 6.07) is 0. The van der Waals surface area contributed by atoms with E-state index in [9.17, 15) is 0 Å². The summed E-state index contributed by atoms with van der Waals surface area (Å²) in [7, 11) is 0. The Balaban J connectivity index is 2.19. The van der Waals surface area contributed by atoms with E-state index in [-0.39, 0.29) is 0 Å².